The van der Waals surface area contributed by atoms with Crippen molar-refractivity contribution >= 4 is 18.1 Å². The molecule has 5 heteroatoms. The normalized spacial score (nSPS) is 23.0. The van der Waals surface area contributed by atoms with E-state index in [0.29, 0.717) is 19.4 Å². The number of rotatable bonds is 7. The van der Waals surface area contributed by atoms with Crippen LogP contribution in [0.5, 0.6) is 0 Å². The van der Waals surface area contributed by atoms with Crippen LogP contribution in [-0.4, -0.2) is 54.6 Å². The Morgan fingerprint density at radius 1 is 1.08 bits per heavy atom. The minimum absolute atomic E-state index is 0.0297. The zero-order valence-electron chi connectivity index (χ0n) is 16.9. The number of hydrogen-bond donors (Lipinski definition) is 0. The van der Waals surface area contributed by atoms with Gasteiger partial charge in [-0.2, -0.15) is 0 Å². The molecule has 2 heterocycles. The van der Waals surface area contributed by atoms with Crippen LogP contribution in [0.15, 0.2) is 0 Å². The molecule has 0 N–H and O–H groups in total. The summed E-state index contributed by atoms with van der Waals surface area (Å²) in [5.41, 5.74) is 0. The number of carbonyl (C=O) groups is 3. The maximum atomic E-state index is 11.5. The Hall–Kier alpha value is -1.23. The molecule has 0 aliphatic carbocycles. The molecule has 2 atom stereocenters. The quantitative estimate of drug-likeness (QED) is 0.399. The first-order chi connectivity index (χ1) is 12.0. The van der Waals surface area contributed by atoms with Crippen molar-refractivity contribution in [2.45, 2.75) is 72.6 Å². The molecule has 0 aromatic heterocycles. The van der Waals surface area contributed by atoms with E-state index in [2.05, 4.69) is 18.9 Å². The standard InChI is InChI=1S/C12H19NO3.C6H13N.C2H6/c1-10-9-11(15)13(12(10)16)7-5-3-2-4-6-8-14;1-6-3-4-7(2)5-6;1-2/h8,10H,2-7,9H2,1H3;6H,3-5H2,1-2H3;1-2H3/t;6-;/m.0./s1. The number of imide groups is 1. The monoisotopic (exact) mass is 354 g/mol. The van der Waals surface area contributed by atoms with Gasteiger partial charge in [0.1, 0.15) is 6.29 Å². The number of nitrogens with zero attached hydrogens (tertiary/aromatic N) is 2. The van der Waals surface area contributed by atoms with Gasteiger partial charge in [-0.15, -0.1) is 0 Å². The van der Waals surface area contributed by atoms with Gasteiger partial charge in [-0.25, -0.2) is 0 Å². The van der Waals surface area contributed by atoms with Gasteiger partial charge in [0.15, 0.2) is 0 Å². The molecule has 146 valence electrons. The van der Waals surface area contributed by atoms with Crippen LogP contribution in [0.2, 0.25) is 0 Å². The number of unbranched alkanes of at least 4 members (excludes halogenated alkanes) is 4. The van der Waals surface area contributed by atoms with Gasteiger partial charge in [0.25, 0.3) is 0 Å². The number of aldehydes is 1. The molecule has 2 amide bonds. The number of likely N-dealkylation sites (tertiary alicyclic amines) is 2. The summed E-state index contributed by atoms with van der Waals surface area (Å²) in [6.45, 7) is 11.3. The predicted octanol–water partition coefficient (Wildman–Crippen LogP) is 3.52. The summed E-state index contributed by atoms with van der Waals surface area (Å²) >= 11 is 0. The first-order valence-corrected chi connectivity index (χ1v) is 9.92. The summed E-state index contributed by atoms with van der Waals surface area (Å²) in [5, 5.41) is 0. The van der Waals surface area contributed by atoms with E-state index in [-0.39, 0.29) is 17.7 Å². The Kier molecular flexibility index (Phi) is 13.3. The molecule has 2 saturated heterocycles. The van der Waals surface area contributed by atoms with E-state index in [4.69, 9.17) is 0 Å². The van der Waals surface area contributed by atoms with E-state index in [1.807, 2.05) is 13.8 Å². The van der Waals surface area contributed by atoms with Crippen LogP contribution in [-0.2, 0) is 14.4 Å². The van der Waals surface area contributed by atoms with Crippen molar-refractivity contribution in [1.29, 1.82) is 0 Å². The Balaban J connectivity index is 0.000000530. The number of amides is 2. The molecule has 0 spiro atoms. The van der Waals surface area contributed by atoms with E-state index < -0.39 is 0 Å². The van der Waals surface area contributed by atoms with Crippen LogP contribution < -0.4 is 0 Å². The summed E-state index contributed by atoms with van der Waals surface area (Å²) in [4.78, 5) is 36.8. The van der Waals surface area contributed by atoms with Crippen molar-refractivity contribution in [2.24, 2.45) is 11.8 Å². The third kappa shape index (κ3) is 9.73. The van der Waals surface area contributed by atoms with Gasteiger partial charge < -0.3 is 9.69 Å². The first kappa shape index (κ1) is 23.8. The van der Waals surface area contributed by atoms with Gasteiger partial charge in [-0.3, -0.25) is 14.5 Å². The van der Waals surface area contributed by atoms with Crippen LogP contribution in [0.25, 0.3) is 0 Å². The van der Waals surface area contributed by atoms with E-state index in [1.54, 1.807) is 6.92 Å². The molecule has 2 rings (SSSR count). The Bertz CT molecular complexity index is 390. The Morgan fingerprint density at radius 2 is 1.72 bits per heavy atom. The summed E-state index contributed by atoms with van der Waals surface area (Å²) in [6, 6.07) is 0. The molecular weight excluding hydrogens is 316 g/mol. The van der Waals surface area contributed by atoms with E-state index in [9.17, 15) is 14.4 Å². The SMILES string of the molecule is CC.CC1CC(=O)N(CCCCCCC=O)C1=O.C[C@H]1CCN(C)C1. The van der Waals surface area contributed by atoms with Crippen molar-refractivity contribution in [3.63, 3.8) is 0 Å². The van der Waals surface area contributed by atoms with Gasteiger partial charge in [0.05, 0.1) is 0 Å². The number of hydrogen-bond acceptors (Lipinski definition) is 4. The fraction of sp³-hybridized carbons (Fsp3) is 0.850. The minimum Gasteiger partial charge on any atom is -0.306 e. The minimum atomic E-state index is -0.137. The molecule has 0 radical (unpaired) electrons. The second kappa shape index (κ2) is 14.0. The zero-order valence-corrected chi connectivity index (χ0v) is 16.9. The first-order valence-electron chi connectivity index (χ1n) is 9.92. The highest BCUT2D eigenvalue weighted by Gasteiger charge is 2.34. The molecule has 0 aromatic rings. The highest BCUT2D eigenvalue weighted by molar-refractivity contribution is 6.03. The lowest BCUT2D eigenvalue weighted by atomic mass is 10.1. The zero-order chi connectivity index (χ0) is 19.2. The average molecular weight is 355 g/mol. The van der Waals surface area contributed by atoms with Crippen molar-refractivity contribution in [2.75, 3.05) is 26.7 Å². The third-order valence-corrected chi connectivity index (χ3v) is 4.55. The maximum absolute atomic E-state index is 11.5. The molecule has 1 unspecified atom stereocenters. The summed E-state index contributed by atoms with van der Waals surface area (Å²) < 4.78 is 0. The molecule has 2 aliphatic rings. The van der Waals surface area contributed by atoms with Gasteiger partial charge >= 0.3 is 0 Å². The van der Waals surface area contributed by atoms with Crippen molar-refractivity contribution < 1.29 is 14.4 Å². The van der Waals surface area contributed by atoms with Crippen LogP contribution in [0.3, 0.4) is 0 Å². The molecule has 2 fully saturated rings. The lowest BCUT2D eigenvalue weighted by molar-refractivity contribution is -0.139. The fourth-order valence-electron chi connectivity index (χ4n) is 3.09. The second-order valence-electron chi connectivity index (χ2n) is 7.01. The molecule has 0 aromatic carbocycles. The van der Waals surface area contributed by atoms with Crippen molar-refractivity contribution in [3.8, 4) is 0 Å². The number of carbonyl (C=O) groups excluding carboxylic acids is 3. The molecule has 0 bridgehead atoms. The van der Waals surface area contributed by atoms with Gasteiger partial charge in [0, 0.05) is 31.8 Å². The lowest BCUT2D eigenvalue weighted by Gasteiger charge is -2.13. The third-order valence-electron chi connectivity index (χ3n) is 4.55. The van der Waals surface area contributed by atoms with E-state index >= 15 is 0 Å². The van der Waals surface area contributed by atoms with E-state index in [1.165, 1.54) is 24.4 Å². The van der Waals surface area contributed by atoms with Crippen molar-refractivity contribution in [1.82, 2.24) is 9.80 Å². The molecule has 5 nitrogen and oxygen atoms in total. The topological polar surface area (TPSA) is 57.7 Å². The lowest BCUT2D eigenvalue weighted by Crippen LogP contribution is -2.31. The highest BCUT2D eigenvalue weighted by atomic mass is 16.2. The van der Waals surface area contributed by atoms with Crippen LogP contribution in [0.4, 0.5) is 0 Å². The smallest absolute Gasteiger partial charge is 0.232 e. The fourth-order valence-corrected chi connectivity index (χ4v) is 3.09. The Morgan fingerprint density at radius 3 is 2.12 bits per heavy atom. The maximum Gasteiger partial charge on any atom is 0.232 e. The van der Waals surface area contributed by atoms with Gasteiger partial charge in [-0.05, 0) is 38.8 Å². The highest BCUT2D eigenvalue weighted by Crippen LogP contribution is 2.19. The average Bonchev–Trinajstić information content (AvgIpc) is 3.09. The summed E-state index contributed by atoms with van der Waals surface area (Å²) in [7, 11) is 2.18. The predicted molar refractivity (Wildman–Crippen MR) is 102 cm³/mol. The Labute approximate surface area is 154 Å². The molecule has 0 saturated carbocycles. The summed E-state index contributed by atoms with van der Waals surface area (Å²) in [6.07, 6.45) is 7.02. The summed E-state index contributed by atoms with van der Waals surface area (Å²) in [5.74, 6) is 0.746. The largest absolute Gasteiger partial charge is 0.306 e. The van der Waals surface area contributed by atoms with Gasteiger partial charge in [-0.1, -0.05) is 40.5 Å². The van der Waals surface area contributed by atoms with Crippen LogP contribution >= 0.6 is 0 Å². The van der Waals surface area contributed by atoms with E-state index in [0.717, 1.165) is 37.9 Å². The molecule has 25 heavy (non-hydrogen) atoms. The van der Waals surface area contributed by atoms with Gasteiger partial charge in [0.2, 0.25) is 11.8 Å². The van der Waals surface area contributed by atoms with Crippen LogP contribution in [0.1, 0.15) is 72.6 Å². The molecule has 2 aliphatic heterocycles. The second-order valence-corrected chi connectivity index (χ2v) is 7.01. The molecular formula is C20H38N2O3. The van der Waals surface area contributed by atoms with Crippen molar-refractivity contribution in [3.05, 3.63) is 0 Å². The van der Waals surface area contributed by atoms with Crippen LogP contribution in [0, 0.1) is 11.8 Å².